The van der Waals surface area contributed by atoms with Gasteiger partial charge in [-0.25, -0.2) is 0 Å². The van der Waals surface area contributed by atoms with Crippen molar-refractivity contribution < 1.29 is 9.34 Å². The molecule has 0 spiro atoms. The lowest BCUT2D eigenvalue weighted by Gasteiger charge is -2.07. The number of halogens is 1. The maximum absolute atomic E-state index is 11.3. The molecule has 11 heteroatoms. The van der Waals surface area contributed by atoms with Crippen molar-refractivity contribution in [3.8, 4) is 39.8 Å². The van der Waals surface area contributed by atoms with Crippen molar-refractivity contribution in [2.45, 2.75) is 13.3 Å². The fourth-order valence-corrected chi connectivity index (χ4v) is 4.56. The van der Waals surface area contributed by atoms with Crippen LogP contribution in [0.25, 0.3) is 39.8 Å². The fourth-order valence-electron chi connectivity index (χ4n) is 4.37. The van der Waals surface area contributed by atoms with Gasteiger partial charge in [0.25, 0.3) is 11.6 Å². The van der Waals surface area contributed by atoms with Crippen molar-refractivity contribution in [1.82, 2.24) is 24.7 Å². The normalized spacial score (nSPS) is 11.4. The molecule has 3 aromatic heterocycles. The molecule has 0 saturated heterocycles. The molecule has 0 N–H and O–H groups in total. The van der Waals surface area contributed by atoms with E-state index < -0.39 is 4.92 Å². The SMILES string of the molecule is CCc1nnc(-n2nc(-c3ccccc3)cc2-c2ccccc2)n1/N=C/c1ccc(-c2ccc(Cl)c([N+](=O)[O-])c2)o1. The summed E-state index contributed by atoms with van der Waals surface area (Å²) in [6.07, 6.45) is 2.12. The van der Waals surface area contributed by atoms with E-state index in [2.05, 4.69) is 15.3 Å². The van der Waals surface area contributed by atoms with Crippen LogP contribution in [0.5, 0.6) is 0 Å². The second-order valence-electron chi connectivity index (χ2n) is 9.01. The number of furan rings is 1. The van der Waals surface area contributed by atoms with Crippen LogP contribution >= 0.6 is 11.6 Å². The molecule has 10 nitrogen and oxygen atoms in total. The molecule has 3 aromatic carbocycles. The minimum Gasteiger partial charge on any atom is -0.455 e. The molecule has 202 valence electrons. The van der Waals surface area contributed by atoms with Crippen molar-refractivity contribution in [3.63, 3.8) is 0 Å². The number of hydrogen-bond donors (Lipinski definition) is 0. The summed E-state index contributed by atoms with van der Waals surface area (Å²) in [5, 5.41) is 29.7. The van der Waals surface area contributed by atoms with Crippen LogP contribution in [0.2, 0.25) is 5.02 Å². The van der Waals surface area contributed by atoms with Gasteiger partial charge in [-0.05, 0) is 30.3 Å². The first-order chi connectivity index (χ1) is 20.0. The Morgan fingerprint density at radius 2 is 1.66 bits per heavy atom. The quantitative estimate of drug-likeness (QED) is 0.111. The molecule has 0 bridgehead atoms. The van der Waals surface area contributed by atoms with Gasteiger partial charge in [-0.2, -0.15) is 19.6 Å². The van der Waals surface area contributed by atoms with Crippen LogP contribution in [-0.2, 0) is 6.42 Å². The van der Waals surface area contributed by atoms with E-state index in [-0.39, 0.29) is 10.7 Å². The summed E-state index contributed by atoms with van der Waals surface area (Å²) in [6, 6.07) is 29.8. The minimum atomic E-state index is -0.529. The van der Waals surface area contributed by atoms with Crippen LogP contribution in [0.1, 0.15) is 18.5 Å². The van der Waals surface area contributed by atoms with Gasteiger partial charge in [-0.1, -0.05) is 79.2 Å². The van der Waals surface area contributed by atoms with Gasteiger partial charge >= 0.3 is 0 Å². The maximum atomic E-state index is 11.3. The lowest BCUT2D eigenvalue weighted by molar-refractivity contribution is -0.384. The third-order valence-electron chi connectivity index (χ3n) is 6.40. The Morgan fingerprint density at radius 1 is 0.927 bits per heavy atom. The molecule has 0 aliphatic heterocycles. The maximum Gasteiger partial charge on any atom is 0.288 e. The molecule has 41 heavy (non-hydrogen) atoms. The lowest BCUT2D eigenvalue weighted by atomic mass is 10.1. The van der Waals surface area contributed by atoms with Crippen LogP contribution < -0.4 is 0 Å². The Balaban J connectivity index is 1.39. The first kappa shape index (κ1) is 25.9. The number of rotatable bonds is 8. The summed E-state index contributed by atoms with van der Waals surface area (Å²) in [5.41, 5.74) is 3.89. The van der Waals surface area contributed by atoms with Crippen molar-refractivity contribution in [2.75, 3.05) is 0 Å². The Bertz CT molecular complexity index is 1870. The topological polar surface area (TPSA) is 117 Å². The van der Waals surface area contributed by atoms with E-state index in [4.69, 9.17) is 21.1 Å². The summed E-state index contributed by atoms with van der Waals surface area (Å²) < 4.78 is 9.29. The highest BCUT2D eigenvalue weighted by Gasteiger charge is 2.20. The van der Waals surface area contributed by atoms with E-state index in [1.165, 1.54) is 12.1 Å². The third kappa shape index (κ3) is 5.15. The Labute approximate surface area is 239 Å². The van der Waals surface area contributed by atoms with Gasteiger partial charge in [0.15, 0.2) is 5.82 Å². The molecule has 0 amide bonds. The van der Waals surface area contributed by atoms with Gasteiger partial charge in [0, 0.05) is 29.2 Å². The molecule has 0 atom stereocenters. The van der Waals surface area contributed by atoms with Crippen molar-refractivity contribution >= 4 is 23.5 Å². The molecule has 6 aromatic rings. The average Bonchev–Trinajstić information content (AvgIpc) is 3.75. The number of nitrogens with zero attached hydrogens (tertiary/aromatic N) is 7. The Hall–Kier alpha value is -5.35. The van der Waals surface area contributed by atoms with E-state index >= 15 is 0 Å². The number of aromatic nitrogens is 5. The van der Waals surface area contributed by atoms with Crippen molar-refractivity contribution in [2.24, 2.45) is 5.10 Å². The van der Waals surface area contributed by atoms with Crippen LogP contribution in [0.15, 0.2) is 107 Å². The van der Waals surface area contributed by atoms with Crippen LogP contribution in [-0.4, -0.2) is 35.8 Å². The largest absolute Gasteiger partial charge is 0.455 e. The third-order valence-corrected chi connectivity index (χ3v) is 6.72. The minimum absolute atomic E-state index is 0.0586. The summed E-state index contributed by atoms with van der Waals surface area (Å²) in [6.45, 7) is 1.97. The predicted molar refractivity (Wildman–Crippen MR) is 156 cm³/mol. The number of aryl methyl sites for hydroxylation is 1. The monoisotopic (exact) mass is 563 g/mol. The number of nitro benzene ring substituents is 1. The van der Waals surface area contributed by atoms with Gasteiger partial charge in [0.2, 0.25) is 0 Å². The number of hydrogen-bond acceptors (Lipinski definition) is 7. The first-order valence-electron chi connectivity index (χ1n) is 12.8. The van der Waals surface area contributed by atoms with Gasteiger partial charge in [-0.3, -0.25) is 10.1 Å². The summed E-state index contributed by atoms with van der Waals surface area (Å²) in [7, 11) is 0. The lowest BCUT2D eigenvalue weighted by Crippen LogP contribution is -2.08. The number of benzene rings is 3. The molecule has 0 aliphatic carbocycles. The zero-order valence-corrected chi connectivity index (χ0v) is 22.5. The molecule has 0 fully saturated rings. The smallest absolute Gasteiger partial charge is 0.288 e. The summed E-state index contributed by atoms with van der Waals surface area (Å²) in [5.74, 6) is 1.93. The Morgan fingerprint density at radius 3 is 2.37 bits per heavy atom. The van der Waals surface area contributed by atoms with Crippen LogP contribution in [0.4, 0.5) is 5.69 Å². The van der Waals surface area contributed by atoms with Crippen molar-refractivity contribution in [1.29, 1.82) is 0 Å². The van der Waals surface area contributed by atoms with Gasteiger partial charge < -0.3 is 4.42 Å². The molecular formula is C30H22ClN7O3. The second kappa shape index (κ2) is 11.0. The standard InChI is InChI=1S/C30H22ClN7O3/c1-2-29-33-34-30(36-26(21-11-7-4-8-12-21)18-25(35-36)20-9-5-3-6-10-20)37(29)32-19-23-14-16-28(41-23)22-13-15-24(31)27(17-22)38(39)40/h3-19H,2H2,1H3/b32-19+. The highest BCUT2D eigenvalue weighted by Crippen LogP contribution is 2.31. The highest BCUT2D eigenvalue weighted by molar-refractivity contribution is 6.32. The van der Waals surface area contributed by atoms with E-state index in [9.17, 15) is 10.1 Å². The predicted octanol–water partition coefficient (Wildman–Crippen LogP) is 7.06. The molecule has 6 rings (SSSR count). The molecule has 0 saturated carbocycles. The van der Waals surface area contributed by atoms with E-state index in [1.807, 2.05) is 73.7 Å². The molecule has 0 radical (unpaired) electrons. The number of nitro groups is 1. The van der Waals surface area contributed by atoms with E-state index in [0.29, 0.717) is 35.3 Å². The highest BCUT2D eigenvalue weighted by atomic mass is 35.5. The second-order valence-corrected chi connectivity index (χ2v) is 9.42. The van der Waals surface area contributed by atoms with Crippen LogP contribution in [0.3, 0.4) is 0 Å². The van der Waals surface area contributed by atoms with E-state index in [1.54, 1.807) is 33.8 Å². The summed E-state index contributed by atoms with van der Waals surface area (Å²) >= 11 is 5.96. The zero-order chi connectivity index (χ0) is 28.3. The van der Waals surface area contributed by atoms with Crippen molar-refractivity contribution in [3.05, 3.63) is 124 Å². The molecular weight excluding hydrogens is 542 g/mol. The van der Waals surface area contributed by atoms with E-state index in [0.717, 1.165) is 22.5 Å². The van der Waals surface area contributed by atoms with Gasteiger partial charge in [0.05, 0.1) is 22.5 Å². The molecule has 3 heterocycles. The zero-order valence-electron chi connectivity index (χ0n) is 21.8. The molecule has 0 aliphatic rings. The first-order valence-corrected chi connectivity index (χ1v) is 13.1. The Kier molecular flexibility index (Phi) is 6.97. The average molecular weight is 564 g/mol. The van der Waals surface area contributed by atoms with Gasteiger partial charge in [-0.15, -0.1) is 10.2 Å². The fraction of sp³-hybridized carbons (Fsp3) is 0.0667. The van der Waals surface area contributed by atoms with Crippen LogP contribution in [0, 0.1) is 10.1 Å². The van der Waals surface area contributed by atoms with Gasteiger partial charge in [0.1, 0.15) is 16.5 Å². The summed E-state index contributed by atoms with van der Waals surface area (Å²) in [4.78, 5) is 10.8. The molecule has 0 unspecified atom stereocenters.